The summed E-state index contributed by atoms with van der Waals surface area (Å²) in [6, 6.07) is 7.72. The number of nitrogens with zero attached hydrogens (tertiary/aromatic N) is 2. The predicted octanol–water partition coefficient (Wildman–Crippen LogP) is 2.65. The van der Waals surface area contributed by atoms with Crippen LogP contribution >= 0.6 is 0 Å². The number of carbonyl (C=O) groups excluding carboxylic acids is 2. The third-order valence-corrected chi connectivity index (χ3v) is 5.74. The molecule has 0 aromatic heterocycles. The molecule has 7 heteroatoms. The number of likely N-dealkylation sites (N-methyl/N-ethyl adjacent to an activating group) is 1. The van der Waals surface area contributed by atoms with E-state index in [1.54, 1.807) is 19.0 Å². The molecule has 1 aromatic carbocycles. The molecule has 2 aliphatic rings. The molecule has 28 heavy (non-hydrogen) atoms. The molecule has 3 rings (SSSR count). The number of piperidine rings is 1. The van der Waals surface area contributed by atoms with Gasteiger partial charge in [-0.25, -0.2) is 4.79 Å². The van der Waals surface area contributed by atoms with Crippen molar-refractivity contribution in [3.05, 3.63) is 29.8 Å². The predicted molar refractivity (Wildman–Crippen MR) is 107 cm³/mol. The van der Waals surface area contributed by atoms with Crippen LogP contribution in [0.1, 0.15) is 31.2 Å². The first-order chi connectivity index (χ1) is 13.4. The lowest BCUT2D eigenvalue weighted by Gasteiger charge is -2.46. The smallest absolute Gasteiger partial charge is 0.321 e. The lowest BCUT2D eigenvalue weighted by molar-refractivity contribution is -0.160. The Bertz CT molecular complexity index is 699. The number of anilines is 1. The summed E-state index contributed by atoms with van der Waals surface area (Å²) in [6.45, 7) is 4.04. The molecule has 1 N–H and O–H groups in total. The second kappa shape index (κ2) is 8.92. The van der Waals surface area contributed by atoms with E-state index in [0.717, 1.165) is 36.9 Å². The number of para-hydroxylation sites is 1. The minimum Gasteiger partial charge on any atom is -0.375 e. The Kier molecular flexibility index (Phi) is 6.57. The standard InChI is InChI=1S/C21H31N3O4/c1-16-6-4-5-7-18(16)22-20(26)24-11-9-21(10-12-24)14-17(8-13-28-21)27-15-19(25)23(2)3/h4-7,17H,8-15H2,1-3H3,(H,22,26). The van der Waals surface area contributed by atoms with Crippen molar-refractivity contribution in [3.8, 4) is 0 Å². The third kappa shape index (κ3) is 5.02. The fourth-order valence-electron chi connectivity index (χ4n) is 3.82. The normalized spacial score (nSPS) is 21.4. The maximum absolute atomic E-state index is 12.6. The van der Waals surface area contributed by atoms with Gasteiger partial charge in [0.25, 0.3) is 0 Å². The average molecular weight is 389 g/mol. The summed E-state index contributed by atoms with van der Waals surface area (Å²) >= 11 is 0. The van der Waals surface area contributed by atoms with Crippen LogP contribution in [-0.4, -0.2) is 73.8 Å². The lowest BCUT2D eigenvalue weighted by atomic mass is 9.83. The maximum Gasteiger partial charge on any atom is 0.321 e. The van der Waals surface area contributed by atoms with Gasteiger partial charge in [-0.15, -0.1) is 0 Å². The first kappa shape index (κ1) is 20.6. The highest BCUT2D eigenvalue weighted by atomic mass is 16.5. The molecule has 2 aliphatic heterocycles. The molecular formula is C21H31N3O4. The summed E-state index contributed by atoms with van der Waals surface area (Å²) < 4.78 is 12.0. The van der Waals surface area contributed by atoms with E-state index in [2.05, 4.69) is 5.32 Å². The van der Waals surface area contributed by atoms with E-state index in [-0.39, 0.29) is 30.3 Å². The van der Waals surface area contributed by atoms with Gasteiger partial charge in [-0.3, -0.25) is 4.79 Å². The van der Waals surface area contributed by atoms with Gasteiger partial charge >= 0.3 is 6.03 Å². The van der Waals surface area contributed by atoms with Crippen LogP contribution in [-0.2, 0) is 14.3 Å². The van der Waals surface area contributed by atoms with E-state index in [4.69, 9.17) is 9.47 Å². The highest BCUT2D eigenvalue weighted by Crippen LogP contribution is 2.36. The summed E-state index contributed by atoms with van der Waals surface area (Å²) in [5.74, 6) is -0.0248. The maximum atomic E-state index is 12.6. The number of benzene rings is 1. The van der Waals surface area contributed by atoms with Crippen LogP contribution in [0.4, 0.5) is 10.5 Å². The topological polar surface area (TPSA) is 71.1 Å². The highest BCUT2D eigenvalue weighted by molar-refractivity contribution is 5.90. The summed E-state index contributed by atoms with van der Waals surface area (Å²) in [5.41, 5.74) is 1.65. The molecule has 2 saturated heterocycles. The molecule has 1 atom stereocenters. The second-order valence-electron chi connectivity index (χ2n) is 7.98. The van der Waals surface area contributed by atoms with Crippen molar-refractivity contribution < 1.29 is 19.1 Å². The van der Waals surface area contributed by atoms with Gasteiger partial charge in [-0.1, -0.05) is 18.2 Å². The van der Waals surface area contributed by atoms with Crippen LogP contribution in [0, 0.1) is 6.92 Å². The number of rotatable bonds is 4. The van der Waals surface area contributed by atoms with Crippen molar-refractivity contribution in [1.82, 2.24) is 9.80 Å². The fraction of sp³-hybridized carbons (Fsp3) is 0.619. The number of likely N-dealkylation sites (tertiary alicyclic amines) is 1. The first-order valence-electron chi connectivity index (χ1n) is 9.96. The Morgan fingerprint density at radius 1 is 1.29 bits per heavy atom. The molecule has 3 amide bonds. The van der Waals surface area contributed by atoms with Crippen LogP contribution < -0.4 is 5.32 Å². The number of aryl methyl sites for hydroxylation is 1. The van der Waals surface area contributed by atoms with Crippen molar-refractivity contribution >= 4 is 17.6 Å². The van der Waals surface area contributed by atoms with Gasteiger partial charge in [-0.05, 0) is 37.8 Å². The summed E-state index contributed by atoms with van der Waals surface area (Å²) in [4.78, 5) is 27.8. The molecule has 2 fully saturated rings. The minimum atomic E-state index is -0.247. The Hall–Kier alpha value is -2.12. The molecule has 1 unspecified atom stereocenters. The zero-order valence-electron chi connectivity index (χ0n) is 17.1. The third-order valence-electron chi connectivity index (χ3n) is 5.74. The molecule has 7 nitrogen and oxygen atoms in total. The van der Waals surface area contributed by atoms with Crippen molar-refractivity contribution in [3.63, 3.8) is 0 Å². The van der Waals surface area contributed by atoms with Gasteiger partial charge in [-0.2, -0.15) is 0 Å². The van der Waals surface area contributed by atoms with Crippen molar-refractivity contribution in [1.29, 1.82) is 0 Å². The number of ether oxygens (including phenoxy) is 2. The number of hydrogen-bond donors (Lipinski definition) is 1. The van der Waals surface area contributed by atoms with E-state index >= 15 is 0 Å². The number of nitrogens with one attached hydrogen (secondary N) is 1. The molecule has 2 heterocycles. The van der Waals surface area contributed by atoms with Crippen LogP contribution in [0.2, 0.25) is 0 Å². The Morgan fingerprint density at radius 2 is 2.00 bits per heavy atom. The van der Waals surface area contributed by atoms with E-state index in [9.17, 15) is 9.59 Å². The van der Waals surface area contributed by atoms with Crippen LogP contribution in [0.5, 0.6) is 0 Å². The van der Waals surface area contributed by atoms with Crippen molar-refractivity contribution in [2.75, 3.05) is 45.7 Å². The molecule has 1 aromatic rings. The highest BCUT2D eigenvalue weighted by Gasteiger charge is 2.41. The quantitative estimate of drug-likeness (QED) is 0.859. The zero-order chi connectivity index (χ0) is 20.1. The van der Waals surface area contributed by atoms with Gasteiger partial charge in [0.15, 0.2) is 0 Å². The number of urea groups is 1. The minimum absolute atomic E-state index is 0.0248. The van der Waals surface area contributed by atoms with Crippen LogP contribution in [0.25, 0.3) is 0 Å². The number of carbonyl (C=O) groups is 2. The molecule has 0 radical (unpaired) electrons. The van der Waals surface area contributed by atoms with E-state index in [1.165, 1.54) is 0 Å². The van der Waals surface area contributed by atoms with E-state index < -0.39 is 0 Å². The molecule has 1 spiro atoms. The zero-order valence-corrected chi connectivity index (χ0v) is 17.1. The molecule has 154 valence electrons. The van der Waals surface area contributed by atoms with Crippen molar-refractivity contribution in [2.45, 2.75) is 44.3 Å². The van der Waals surface area contributed by atoms with Gasteiger partial charge in [0.2, 0.25) is 5.91 Å². The average Bonchev–Trinajstić information content (AvgIpc) is 2.68. The summed E-state index contributed by atoms with van der Waals surface area (Å²) in [5, 5.41) is 3.00. The first-order valence-corrected chi connectivity index (χ1v) is 9.96. The summed E-state index contributed by atoms with van der Waals surface area (Å²) in [6.07, 6.45) is 3.19. The van der Waals surface area contributed by atoms with Crippen LogP contribution in [0.3, 0.4) is 0 Å². The monoisotopic (exact) mass is 389 g/mol. The Balaban J connectivity index is 1.50. The molecule has 0 aliphatic carbocycles. The molecular weight excluding hydrogens is 358 g/mol. The van der Waals surface area contributed by atoms with E-state index in [1.807, 2.05) is 36.1 Å². The fourth-order valence-corrected chi connectivity index (χ4v) is 3.82. The van der Waals surface area contributed by atoms with Crippen LogP contribution in [0.15, 0.2) is 24.3 Å². The van der Waals surface area contributed by atoms with Gasteiger partial charge in [0.05, 0.1) is 11.7 Å². The number of amides is 3. The van der Waals surface area contributed by atoms with Gasteiger partial charge in [0, 0.05) is 45.9 Å². The molecule has 0 bridgehead atoms. The molecule has 0 saturated carbocycles. The van der Waals surface area contributed by atoms with Gasteiger partial charge in [0.1, 0.15) is 6.61 Å². The van der Waals surface area contributed by atoms with Gasteiger partial charge < -0.3 is 24.6 Å². The lowest BCUT2D eigenvalue weighted by Crippen LogP contribution is -2.53. The Labute approximate surface area is 167 Å². The van der Waals surface area contributed by atoms with Crippen molar-refractivity contribution in [2.24, 2.45) is 0 Å². The van der Waals surface area contributed by atoms with E-state index in [0.29, 0.717) is 19.7 Å². The number of hydrogen-bond acceptors (Lipinski definition) is 4. The largest absolute Gasteiger partial charge is 0.375 e. The second-order valence-corrected chi connectivity index (χ2v) is 7.98. The Morgan fingerprint density at radius 3 is 2.68 bits per heavy atom. The SMILES string of the molecule is Cc1ccccc1NC(=O)N1CCC2(CC1)CC(OCC(=O)N(C)C)CCO2. The summed E-state index contributed by atoms with van der Waals surface area (Å²) in [7, 11) is 3.46.